The smallest absolute Gasteiger partial charge is 0.280 e. The number of ether oxygens (including phenoxy) is 1. The molecule has 0 amide bonds. The van der Waals surface area contributed by atoms with Crippen molar-refractivity contribution in [2.75, 3.05) is 7.04 Å². The molecule has 0 radical (unpaired) electrons. The van der Waals surface area contributed by atoms with E-state index in [0.29, 0.717) is 27.1 Å². The summed E-state index contributed by atoms with van der Waals surface area (Å²) in [6.45, 7) is 0. The Morgan fingerprint density at radius 1 is 1.26 bits per heavy atom. The van der Waals surface area contributed by atoms with Crippen LogP contribution in [0.25, 0.3) is 27.5 Å². The fraction of sp³-hybridized carbons (Fsp3) is 0.0588. The average Bonchev–Trinajstić information content (AvgIpc) is 2.91. The van der Waals surface area contributed by atoms with Crippen molar-refractivity contribution in [3.05, 3.63) is 64.0 Å². The summed E-state index contributed by atoms with van der Waals surface area (Å²) in [6, 6.07) is 11.5. The lowest BCUT2D eigenvalue weighted by Crippen LogP contribution is -2.14. The summed E-state index contributed by atoms with van der Waals surface area (Å²) in [5.74, 6) is 0.138. The average molecular weight is 329 g/mol. The molecule has 0 saturated heterocycles. The lowest BCUT2D eigenvalue weighted by Gasteiger charge is -2.04. The summed E-state index contributed by atoms with van der Waals surface area (Å²) in [7, 11) is -2.57. The molecule has 0 aliphatic carbocycles. The molecule has 4 aromatic rings. The third-order valence-corrected chi connectivity index (χ3v) is 3.92. The molecule has 0 spiro atoms. The predicted molar refractivity (Wildman–Crippen MR) is 90.8 cm³/mol. The molecule has 0 atom stereocenters. The molecular formula is C17H12ClN3O2. The Hall–Kier alpha value is -2.79. The van der Waals surface area contributed by atoms with E-state index in [1.54, 1.807) is 30.3 Å². The van der Waals surface area contributed by atoms with E-state index in [4.69, 9.17) is 20.5 Å². The van der Waals surface area contributed by atoms with Crippen LogP contribution in [0.5, 0.6) is 5.75 Å². The van der Waals surface area contributed by atoms with Gasteiger partial charge in [0.2, 0.25) is 0 Å². The van der Waals surface area contributed by atoms with Gasteiger partial charge in [-0.2, -0.15) is 0 Å². The molecule has 2 aromatic heterocycles. The minimum atomic E-state index is -2.57. The minimum Gasteiger partial charge on any atom is -0.497 e. The third kappa shape index (κ3) is 2.17. The second kappa shape index (κ2) is 5.14. The van der Waals surface area contributed by atoms with Crippen LogP contribution in [0.4, 0.5) is 0 Å². The summed E-state index contributed by atoms with van der Waals surface area (Å²) in [5, 5.41) is 4.71. The fourth-order valence-corrected chi connectivity index (χ4v) is 2.77. The van der Waals surface area contributed by atoms with Crippen LogP contribution in [0.1, 0.15) is 4.11 Å². The van der Waals surface area contributed by atoms with Crippen LogP contribution in [0.15, 0.2) is 53.5 Å². The molecule has 0 fully saturated rings. The van der Waals surface area contributed by atoms with E-state index in [0.717, 1.165) is 5.39 Å². The number of halogens is 1. The van der Waals surface area contributed by atoms with Crippen molar-refractivity contribution in [2.24, 2.45) is 0 Å². The zero-order chi connectivity index (χ0) is 18.5. The lowest BCUT2D eigenvalue weighted by atomic mass is 10.2. The molecule has 0 aliphatic rings. The third-order valence-electron chi connectivity index (χ3n) is 3.68. The number of aromatic amines is 1. The van der Waals surface area contributed by atoms with Gasteiger partial charge in [0, 0.05) is 22.7 Å². The molecule has 23 heavy (non-hydrogen) atoms. The van der Waals surface area contributed by atoms with Gasteiger partial charge in [0.1, 0.15) is 5.75 Å². The van der Waals surface area contributed by atoms with E-state index < -0.39 is 7.04 Å². The minimum absolute atomic E-state index is 0.138. The van der Waals surface area contributed by atoms with Crippen molar-refractivity contribution in [3.8, 4) is 11.4 Å². The Morgan fingerprint density at radius 2 is 2.17 bits per heavy atom. The highest BCUT2D eigenvalue weighted by molar-refractivity contribution is 6.31. The van der Waals surface area contributed by atoms with Crippen molar-refractivity contribution in [1.82, 2.24) is 14.8 Å². The maximum absolute atomic E-state index is 12.8. The van der Waals surface area contributed by atoms with Crippen LogP contribution in [0.3, 0.4) is 0 Å². The topological polar surface area (TPSA) is 59.9 Å². The number of hydrogen-bond acceptors (Lipinski definition) is 3. The van der Waals surface area contributed by atoms with Crippen molar-refractivity contribution in [1.29, 1.82) is 0 Å². The van der Waals surface area contributed by atoms with E-state index in [9.17, 15) is 4.79 Å². The number of rotatable bonds is 2. The second-order valence-electron chi connectivity index (χ2n) is 5.06. The molecule has 0 saturated carbocycles. The predicted octanol–water partition coefficient (Wildman–Crippen LogP) is 3.53. The Bertz CT molecular complexity index is 1200. The van der Waals surface area contributed by atoms with Gasteiger partial charge in [0.15, 0.2) is 0 Å². The first-order valence-corrected chi connectivity index (χ1v) is 7.18. The lowest BCUT2D eigenvalue weighted by molar-refractivity contribution is 0.414. The zero-order valence-electron chi connectivity index (χ0n) is 14.7. The first-order valence-electron chi connectivity index (χ1n) is 8.30. The molecule has 2 aromatic carbocycles. The molecule has 2 heterocycles. The molecule has 4 rings (SSSR count). The number of aromatic nitrogens is 3. The van der Waals surface area contributed by atoms with E-state index in [1.807, 2.05) is 0 Å². The van der Waals surface area contributed by atoms with Crippen molar-refractivity contribution < 1.29 is 8.85 Å². The highest BCUT2D eigenvalue weighted by atomic mass is 35.5. The van der Waals surface area contributed by atoms with Crippen LogP contribution in [-0.2, 0) is 0 Å². The highest BCUT2D eigenvalue weighted by Gasteiger charge is 2.12. The second-order valence-corrected chi connectivity index (χ2v) is 5.50. The van der Waals surface area contributed by atoms with Gasteiger partial charge >= 0.3 is 0 Å². The van der Waals surface area contributed by atoms with Gasteiger partial charge in [0.25, 0.3) is 5.56 Å². The van der Waals surface area contributed by atoms with Gasteiger partial charge in [-0.15, -0.1) is 0 Å². The molecule has 5 nitrogen and oxygen atoms in total. The Balaban J connectivity index is 1.91. The summed E-state index contributed by atoms with van der Waals surface area (Å²) < 4.78 is 27.8. The number of hydrogen-bond donors (Lipinski definition) is 1. The molecule has 0 unspecified atom stereocenters. The fourth-order valence-electron chi connectivity index (χ4n) is 2.60. The monoisotopic (exact) mass is 328 g/mol. The van der Waals surface area contributed by atoms with E-state index in [2.05, 4.69) is 10.1 Å². The first-order chi connectivity index (χ1) is 12.3. The Morgan fingerprint density at radius 3 is 3.04 bits per heavy atom. The molecule has 0 bridgehead atoms. The van der Waals surface area contributed by atoms with Gasteiger partial charge in [-0.05, 0) is 30.3 Å². The van der Waals surface area contributed by atoms with Crippen molar-refractivity contribution in [3.63, 3.8) is 0 Å². The van der Waals surface area contributed by atoms with Gasteiger partial charge in [-0.3, -0.25) is 14.9 Å². The van der Waals surface area contributed by atoms with E-state index in [-0.39, 0.29) is 11.3 Å². The molecule has 1 N–H and O–H groups in total. The summed E-state index contributed by atoms with van der Waals surface area (Å²) in [6.07, 6.45) is 1.50. The molecular weight excluding hydrogens is 314 g/mol. The number of pyridine rings is 1. The highest BCUT2D eigenvalue weighted by Crippen LogP contribution is 2.24. The summed E-state index contributed by atoms with van der Waals surface area (Å²) in [4.78, 5) is 17.1. The maximum atomic E-state index is 12.8. The Labute approximate surface area is 140 Å². The number of methoxy groups -OCH3 is 1. The van der Waals surface area contributed by atoms with Gasteiger partial charge in [-0.25, -0.2) is 4.68 Å². The standard InChI is InChI=1S/C17H12ClN3O2/c1-23-12-4-2-3-11(8-12)21-17(22)14-9-19-15-6-5-10(18)7-13(15)16(14)20-21/h2-9,20H,1H3/i1D3. The number of H-pyrrole nitrogens is 1. The van der Waals surface area contributed by atoms with E-state index in [1.165, 1.54) is 23.0 Å². The molecule has 114 valence electrons. The van der Waals surface area contributed by atoms with Crippen LogP contribution < -0.4 is 10.3 Å². The quantitative estimate of drug-likeness (QED) is 0.612. The number of benzene rings is 2. The molecule has 6 heteroatoms. The van der Waals surface area contributed by atoms with Crippen LogP contribution in [-0.4, -0.2) is 21.8 Å². The van der Waals surface area contributed by atoms with E-state index >= 15 is 0 Å². The maximum Gasteiger partial charge on any atom is 0.280 e. The van der Waals surface area contributed by atoms with Crippen LogP contribution in [0, 0.1) is 0 Å². The van der Waals surface area contributed by atoms with Crippen molar-refractivity contribution >= 4 is 33.4 Å². The first kappa shape index (κ1) is 10.9. The Kier molecular flexibility index (Phi) is 2.43. The van der Waals surface area contributed by atoms with Gasteiger partial charge in [-0.1, -0.05) is 17.7 Å². The number of fused-ring (bicyclic) bond motifs is 3. The number of nitrogens with one attached hydrogen (secondary N) is 1. The largest absolute Gasteiger partial charge is 0.497 e. The summed E-state index contributed by atoms with van der Waals surface area (Å²) in [5.41, 5.74) is 1.45. The summed E-state index contributed by atoms with van der Waals surface area (Å²) >= 11 is 6.07. The van der Waals surface area contributed by atoms with Crippen molar-refractivity contribution in [2.45, 2.75) is 0 Å². The number of nitrogens with zero attached hydrogens (tertiary/aromatic N) is 2. The van der Waals surface area contributed by atoms with Crippen LogP contribution in [0.2, 0.25) is 5.02 Å². The zero-order valence-corrected chi connectivity index (χ0v) is 12.5. The van der Waals surface area contributed by atoms with Gasteiger partial charge in [0.05, 0.1) is 33.3 Å². The normalized spacial score (nSPS) is 13.7. The van der Waals surface area contributed by atoms with Gasteiger partial charge < -0.3 is 4.74 Å². The SMILES string of the molecule is [2H]C([2H])([2H])Oc1cccc(-n2[nH]c3c(cnc4ccc(Cl)cc43)c2=O)c1. The molecule has 0 aliphatic heterocycles. The van der Waals surface area contributed by atoms with Crippen LogP contribution >= 0.6 is 11.6 Å².